The van der Waals surface area contributed by atoms with Gasteiger partial charge in [-0.3, -0.25) is 14.7 Å². The lowest BCUT2D eigenvalue weighted by atomic mass is 9.98. The maximum absolute atomic E-state index is 12.5. The lowest BCUT2D eigenvalue weighted by Crippen LogP contribution is -2.43. The first kappa shape index (κ1) is 34.2. The number of hydrogen-bond donors (Lipinski definition) is 3. The molecule has 0 radical (unpaired) electrons. The van der Waals surface area contributed by atoms with Gasteiger partial charge in [0.05, 0.1) is 30.5 Å². The standard InChI is InChI=1S/C41H43N3O5/c1-28(39(46)33-9-4-3-5-10-33)44(2)26-37-23-38(32-15-13-29(27-45)14-16-32)49-41(48-37)34-19-17-31(18-20-34)35-11-6-8-30(22-35)24-43-40(47)36-12-7-21-42-25-36/h3-22,25,28,37-39,41,45-46H,23-24,26-27H2,1-2H3,(H,43,47). The van der Waals surface area contributed by atoms with Gasteiger partial charge in [-0.2, -0.15) is 0 Å². The fraction of sp³-hybridized carbons (Fsp3) is 0.268. The van der Waals surface area contributed by atoms with E-state index >= 15 is 0 Å². The number of aliphatic hydroxyl groups excluding tert-OH is 2. The van der Waals surface area contributed by atoms with Crippen LogP contribution in [0.15, 0.2) is 128 Å². The van der Waals surface area contributed by atoms with Gasteiger partial charge < -0.3 is 25.0 Å². The molecule has 4 aromatic carbocycles. The molecule has 5 unspecified atom stereocenters. The van der Waals surface area contributed by atoms with Crippen molar-refractivity contribution in [1.29, 1.82) is 0 Å². The molecule has 6 rings (SSSR count). The molecule has 0 saturated carbocycles. The number of pyridine rings is 1. The summed E-state index contributed by atoms with van der Waals surface area (Å²) in [6.45, 7) is 3.03. The number of ether oxygens (including phenoxy) is 2. The molecule has 1 aliphatic rings. The summed E-state index contributed by atoms with van der Waals surface area (Å²) in [7, 11) is 2.02. The number of amides is 1. The second-order valence-corrected chi connectivity index (χ2v) is 12.6. The van der Waals surface area contributed by atoms with E-state index in [-0.39, 0.29) is 30.8 Å². The number of likely N-dealkylation sites (N-methyl/N-ethyl adjacent to an activating group) is 1. The second-order valence-electron chi connectivity index (χ2n) is 12.6. The maximum Gasteiger partial charge on any atom is 0.253 e. The number of aliphatic hydroxyl groups is 2. The average molecular weight is 658 g/mol. The molecule has 0 aliphatic carbocycles. The first-order chi connectivity index (χ1) is 23.9. The molecular weight excluding hydrogens is 614 g/mol. The predicted octanol–water partition coefficient (Wildman–Crippen LogP) is 6.77. The highest BCUT2D eigenvalue weighted by Gasteiger charge is 2.34. The van der Waals surface area contributed by atoms with E-state index in [1.807, 2.05) is 92.8 Å². The van der Waals surface area contributed by atoms with Gasteiger partial charge >= 0.3 is 0 Å². The van der Waals surface area contributed by atoms with Crippen LogP contribution in [0.2, 0.25) is 0 Å². The Kier molecular flexibility index (Phi) is 11.3. The minimum Gasteiger partial charge on any atom is -0.392 e. The van der Waals surface area contributed by atoms with Crippen molar-refractivity contribution in [2.24, 2.45) is 0 Å². The molecule has 252 valence electrons. The summed E-state index contributed by atoms with van der Waals surface area (Å²) in [5.41, 5.74) is 7.27. The summed E-state index contributed by atoms with van der Waals surface area (Å²) >= 11 is 0. The van der Waals surface area contributed by atoms with Crippen molar-refractivity contribution in [1.82, 2.24) is 15.2 Å². The molecule has 1 fully saturated rings. The number of aromatic nitrogens is 1. The largest absolute Gasteiger partial charge is 0.392 e. The highest BCUT2D eigenvalue weighted by molar-refractivity contribution is 5.93. The van der Waals surface area contributed by atoms with E-state index in [2.05, 4.69) is 39.5 Å². The molecule has 5 atom stereocenters. The van der Waals surface area contributed by atoms with Gasteiger partial charge in [-0.15, -0.1) is 0 Å². The number of rotatable bonds is 12. The molecule has 8 nitrogen and oxygen atoms in total. The monoisotopic (exact) mass is 657 g/mol. The van der Waals surface area contributed by atoms with Crippen molar-refractivity contribution >= 4 is 5.91 Å². The molecule has 8 heteroatoms. The molecule has 3 N–H and O–H groups in total. The van der Waals surface area contributed by atoms with Gasteiger partial charge in [0, 0.05) is 43.5 Å². The van der Waals surface area contributed by atoms with Gasteiger partial charge in [0.1, 0.15) is 0 Å². The molecule has 1 amide bonds. The summed E-state index contributed by atoms with van der Waals surface area (Å²) in [6, 6.07) is 37.3. The van der Waals surface area contributed by atoms with Gasteiger partial charge in [0.25, 0.3) is 5.91 Å². The topological polar surface area (TPSA) is 104 Å². The predicted molar refractivity (Wildman–Crippen MR) is 189 cm³/mol. The fourth-order valence-corrected chi connectivity index (χ4v) is 6.17. The Hall–Kier alpha value is -4.70. The van der Waals surface area contributed by atoms with Gasteiger partial charge in [-0.25, -0.2) is 0 Å². The molecule has 0 bridgehead atoms. The highest BCUT2D eigenvalue weighted by Crippen LogP contribution is 2.39. The van der Waals surface area contributed by atoms with Crippen molar-refractivity contribution in [2.75, 3.05) is 13.6 Å². The maximum atomic E-state index is 12.5. The van der Waals surface area contributed by atoms with Crippen LogP contribution in [0.1, 0.15) is 70.0 Å². The Morgan fingerprint density at radius 1 is 0.878 bits per heavy atom. The van der Waals surface area contributed by atoms with Crippen LogP contribution in [0.25, 0.3) is 11.1 Å². The first-order valence-electron chi connectivity index (χ1n) is 16.7. The van der Waals surface area contributed by atoms with E-state index in [9.17, 15) is 15.0 Å². The van der Waals surface area contributed by atoms with Crippen LogP contribution in [0, 0.1) is 0 Å². The number of nitrogens with zero attached hydrogens (tertiary/aromatic N) is 2. The molecule has 2 heterocycles. The Labute approximate surface area is 288 Å². The summed E-state index contributed by atoms with van der Waals surface area (Å²) in [6.07, 6.45) is 2.26. The molecule has 1 aliphatic heterocycles. The van der Waals surface area contributed by atoms with Gasteiger partial charge in [0.15, 0.2) is 6.29 Å². The number of benzene rings is 4. The number of carbonyl (C=O) groups excluding carboxylic acids is 1. The van der Waals surface area contributed by atoms with Crippen LogP contribution >= 0.6 is 0 Å². The molecule has 49 heavy (non-hydrogen) atoms. The summed E-state index contributed by atoms with van der Waals surface area (Å²) < 4.78 is 13.2. The number of carbonyl (C=O) groups is 1. The molecule has 1 aromatic heterocycles. The minimum absolute atomic E-state index is 0.0120. The second kappa shape index (κ2) is 16.1. The average Bonchev–Trinajstić information content (AvgIpc) is 3.17. The quantitative estimate of drug-likeness (QED) is 0.136. The Morgan fingerprint density at radius 3 is 2.35 bits per heavy atom. The normalized spacial score (nSPS) is 18.9. The van der Waals surface area contributed by atoms with E-state index in [1.54, 1.807) is 24.5 Å². The zero-order valence-corrected chi connectivity index (χ0v) is 27.9. The van der Waals surface area contributed by atoms with Gasteiger partial charge in [-0.05, 0) is 65.6 Å². The number of hydrogen-bond acceptors (Lipinski definition) is 7. The summed E-state index contributed by atoms with van der Waals surface area (Å²) in [4.78, 5) is 18.7. The third kappa shape index (κ3) is 8.67. The van der Waals surface area contributed by atoms with Crippen molar-refractivity contribution in [3.05, 3.63) is 161 Å². The van der Waals surface area contributed by atoms with Gasteiger partial charge in [-0.1, -0.05) is 97.1 Å². The van der Waals surface area contributed by atoms with Crippen molar-refractivity contribution in [2.45, 2.75) is 57.1 Å². The lowest BCUT2D eigenvalue weighted by Gasteiger charge is -2.39. The molecule has 0 spiro atoms. The lowest BCUT2D eigenvalue weighted by molar-refractivity contribution is -0.253. The van der Waals surface area contributed by atoms with E-state index < -0.39 is 12.4 Å². The Balaban J connectivity index is 1.16. The van der Waals surface area contributed by atoms with Crippen LogP contribution in [0.4, 0.5) is 0 Å². The van der Waals surface area contributed by atoms with E-state index in [1.165, 1.54) is 0 Å². The molecule has 1 saturated heterocycles. The molecule has 5 aromatic rings. The first-order valence-corrected chi connectivity index (χ1v) is 16.7. The smallest absolute Gasteiger partial charge is 0.253 e. The SMILES string of the molecule is CC(C(O)c1ccccc1)N(C)CC1CC(c2ccc(CO)cc2)OC(c2ccc(-c3cccc(CNC(=O)c4cccnc4)c3)cc2)O1. The van der Waals surface area contributed by atoms with Crippen LogP contribution in [0.3, 0.4) is 0 Å². The van der Waals surface area contributed by atoms with Crippen LogP contribution in [0.5, 0.6) is 0 Å². The third-order valence-electron chi connectivity index (χ3n) is 9.22. The Bertz CT molecular complexity index is 1780. The van der Waals surface area contributed by atoms with Crippen LogP contribution < -0.4 is 5.32 Å². The minimum atomic E-state index is -0.632. The third-order valence-corrected chi connectivity index (χ3v) is 9.22. The van der Waals surface area contributed by atoms with Crippen LogP contribution in [-0.4, -0.2) is 51.7 Å². The van der Waals surface area contributed by atoms with Gasteiger partial charge in [0.2, 0.25) is 0 Å². The molecular formula is C41H43N3O5. The zero-order chi connectivity index (χ0) is 34.2. The van der Waals surface area contributed by atoms with Crippen LogP contribution in [-0.2, 0) is 22.6 Å². The summed E-state index contributed by atoms with van der Waals surface area (Å²) in [5.74, 6) is -0.163. The van der Waals surface area contributed by atoms with Crippen molar-refractivity contribution in [3.63, 3.8) is 0 Å². The zero-order valence-electron chi connectivity index (χ0n) is 27.9. The van der Waals surface area contributed by atoms with E-state index in [4.69, 9.17) is 9.47 Å². The van der Waals surface area contributed by atoms with Crippen molar-refractivity contribution < 1.29 is 24.5 Å². The van der Waals surface area contributed by atoms with E-state index in [0.29, 0.717) is 25.1 Å². The van der Waals surface area contributed by atoms with Crippen molar-refractivity contribution in [3.8, 4) is 11.1 Å². The summed E-state index contributed by atoms with van der Waals surface area (Å²) in [5, 5.41) is 23.6. The van der Waals surface area contributed by atoms with E-state index in [0.717, 1.165) is 38.9 Å². The fourth-order valence-electron chi connectivity index (χ4n) is 6.17. The Morgan fingerprint density at radius 2 is 1.63 bits per heavy atom. The highest BCUT2D eigenvalue weighted by atomic mass is 16.7. The number of nitrogens with one attached hydrogen (secondary N) is 1.